The van der Waals surface area contributed by atoms with E-state index in [1.54, 1.807) is 18.7 Å². The van der Waals surface area contributed by atoms with Crippen LogP contribution in [0.25, 0.3) is 0 Å². The van der Waals surface area contributed by atoms with E-state index in [1.807, 2.05) is 0 Å². The molecule has 202 valence electrons. The average molecular weight is 596 g/mol. The van der Waals surface area contributed by atoms with Crippen molar-refractivity contribution in [3.63, 3.8) is 0 Å². The van der Waals surface area contributed by atoms with Crippen LogP contribution < -0.4 is 5.32 Å². The molecule has 0 amide bonds. The molecule has 2 aromatic carbocycles. The second kappa shape index (κ2) is 11.7. The summed E-state index contributed by atoms with van der Waals surface area (Å²) in [7, 11) is 0. The lowest BCUT2D eigenvalue weighted by molar-refractivity contribution is -0.149. The summed E-state index contributed by atoms with van der Waals surface area (Å²) in [4.78, 5) is 31.2. The van der Waals surface area contributed by atoms with Gasteiger partial charge >= 0.3 is 11.9 Å². The highest BCUT2D eigenvalue weighted by Crippen LogP contribution is 2.37. The van der Waals surface area contributed by atoms with Crippen LogP contribution >= 0.6 is 15.9 Å². The number of ether oxygens (including phenoxy) is 2. The number of benzene rings is 2. The van der Waals surface area contributed by atoms with Gasteiger partial charge in [0.1, 0.15) is 35.4 Å². The Morgan fingerprint density at radius 3 is 2.58 bits per heavy atom. The Balaban J connectivity index is 1.91. The van der Waals surface area contributed by atoms with Crippen LogP contribution in [0.1, 0.15) is 29.7 Å². The van der Waals surface area contributed by atoms with E-state index in [1.165, 1.54) is 18.2 Å². The maximum Gasteiger partial charge on any atom is 0.338 e. The van der Waals surface area contributed by atoms with E-state index in [-0.39, 0.29) is 54.5 Å². The third-order valence-electron chi connectivity index (χ3n) is 6.19. The summed E-state index contributed by atoms with van der Waals surface area (Å²) in [6.07, 6.45) is 0. The largest absolute Gasteiger partial charge is 0.480 e. The number of halogens is 4. The number of carboxylic acid groups (broad SMARTS) is 1. The highest BCUT2D eigenvalue weighted by Gasteiger charge is 2.37. The number of morpholine rings is 1. The number of aryl methyl sites for hydroxylation is 1. The van der Waals surface area contributed by atoms with Crippen LogP contribution in [0.4, 0.5) is 13.2 Å². The molecule has 0 saturated carbocycles. The van der Waals surface area contributed by atoms with Crippen molar-refractivity contribution in [3.8, 4) is 0 Å². The minimum absolute atomic E-state index is 0.00599. The smallest absolute Gasteiger partial charge is 0.338 e. The Hall–Kier alpha value is -3.22. The lowest BCUT2D eigenvalue weighted by atomic mass is 9.94. The first-order valence-electron chi connectivity index (χ1n) is 11.8. The Labute approximate surface area is 225 Å². The van der Waals surface area contributed by atoms with Crippen LogP contribution in [-0.4, -0.2) is 66.7 Å². The van der Waals surface area contributed by atoms with Crippen LogP contribution in [0.5, 0.6) is 0 Å². The van der Waals surface area contributed by atoms with Crippen molar-refractivity contribution >= 4 is 33.7 Å². The van der Waals surface area contributed by atoms with E-state index in [4.69, 9.17) is 9.47 Å². The topological polar surface area (TPSA) is 100 Å². The highest BCUT2D eigenvalue weighted by molar-refractivity contribution is 9.10. The van der Waals surface area contributed by atoms with Gasteiger partial charge in [0, 0.05) is 23.3 Å². The maximum atomic E-state index is 15.1. The van der Waals surface area contributed by atoms with Crippen LogP contribution in [0.2, 0.25) is 0 Å². The van der Waals surface area contributed by atoms with Gasteiger partial charge < -0.3 is 19.9 Å². The van der Waals surface area contributed by atoms with Gasteiger partial charge in [0.2, 0.25) is 0 Å². The summed E-state index contributed by atoms with van der Waals surface area (Å²) in [6.45, 7) is 3.47. The number of carboxylic acids is 1. The summed E-state index contributed by atoms with van der Waals surface area (Å²) >= 11 is 3.30. The van der Waals surface area contributed by atoms with Crippen molar-refractivity contribution in [2.75, 3.05) is 32.9 Å². The molecule has 8 nitrogen and oxygen atoms in total. The van der Waals surface area contributed by atoms with Crippen LogP contribution in [-0.2, 0) is 19.1 Å². The van der Waals surface area contributed by atoms with Crippen molar-refractivity contribution in [1.82, 2.24) is 10.2 Å². The van der Waals surface area contributed by atoms with Gasteiger partial charge in [0.05, 0.1) is 31.0 Å². The zero-order valence-electron chi connectivity index (χ0n) is 20.6. The summed E-state index contributed by atoms with van der Waals surface area (Å²) in [5.41, 5.74) is 0.416. The van der Waals surface area contributed by atoms with Crippen LogP contribution in [0, 0.1) is 24.4 Å². The minimum atomic E-state index is -1.15. The lowest BCUT2D eigenvalue weighted by Crippen LogP contribution is -2.52. The molecule has 4 rings (SSSR count). The molecule has 12 heteroatoms. The molecule has 0 aromatic heterocycles. The third-order valence-corrected chi connectivity index (χ3v) is 6.87. The summed E-state index contributed by atoms with van der Waals surface area (Å²) in [6, 6.07) is 3.90. The fraction of sp³-hybridized carbons (Fsp3) is 0.346. The number of nitrogens with zero attached hydrogens (tertiary/aromatic N) is 2. The van der Waals surface area contributed by atoms with E-state index in [2.05, 4.69) is 26.2 Å². The first kappa shape index (κ1) is 27.8. The molecule has 0 aliphatic carbocycles. The lowest BCUT2D eigenvalue weighted by Gasteiger charge is -2.36. The quantitative estimate of drug-likeness (QED) is 0.469. The first-order chi connectivity index (χ1) is 18.1. The van der Waals surface area contributed by atoms with Crippen molar-refractivity contribution < 1.29 is 37.3 Å². The number of hydrogen-bond acceptors (Lipinski definition) is 7. The molecule has 2 N–H and O–H groups in total. The number of carbonyl (C=O) groups excluding carboxylic acids is 1. The molecule has 2 atom stereocenters. The number of nitrogens with one attached hydrogen (secondary N) is 1. The number of carbonyl (C=O) groups is 2. The van der Waals surface area contributed by atoms with Gasteiger partial charge in [-0.15, -0.1) is 0 Å². The minimum Gasteiger partial charge on any atom is -0.480 e. The third kappa shape index (κ3) is 5.77. The molecule has 0 bridgehead atoms. The summed E-state index contributed by atoms with van der Waals surface area (Å²) in [5, 5.41) is 12.6. The zero-order valence-corrected chi connectivity index (χ0v) is 22.1. The van der Waals surface area contributed by atoms with E-state index in [0.29, 0.717) is 11.1 Å². The van der Waals surface area contributed by atoms with Crippen molar-refractivity contribution in [1.29, 1.82) is 0 Å². The molecule has 38 heavy (non-hydrogen) atoms. The van der Waals surface area contributed by atoms with E-state index >= 15 is 8.78 Å². The van der Waals surface area contributed by atoms with Crippen LogP contribution in [0.15, 0.2) is 51.1 Å². The van der Waals surface area contributed by atoms with Crippen LogP contribution in [0.3, 0.4) is 0 Å². The van der Waals surface area contributed by atoms with Gasteiger partial charge in [-0.2, -0.15) is 0 Å². The van der Waals surface area contributed by atoms with Crippen molar-refractivity contribution in [3.05, 3.63) is 80.2 Å². The molecule has 2 aliphatic rings. The fourth-order valence-electron chi connectivity index (χ4n) is 4.43. The molecule has 2 heterocycles. The highest BCUT2D eigenvalue weighted by atomic mass is 79.9. The van der Waals surface area contributed by atoms with E-state index in [9.17, 15) is 19.1 Å². The molecule has 1 fully saturated rings. The number of amidine groups is 1. The molecular weight excluding hydrogens is 571 g/mol. The number of rotatable bonds is 7. The van der Waals surface area contributed by atoms with E-state index in [0.717, 1.165) is 12.1 Å². The average Bonchev–Trinajstić information content (AvgIpc) is 2.83. The predicted octanol–water partition coefficient (Wildman–Crippen LogP) is 3.87. The predicted molar refractivity (Wildman–Crippen MR) is 135 cm³/mol. The van der Waals surface area contributed by atoms with Gasteiger partial charge in [-0.05, 0) is 49.2 Å². The molecule has 2 aliphatic heterocycles. The summed E-state index contributed by atoms with van der Waals surface area (Å²) < 4.78 is 54.9. The second-order valence-corrected chi connectivity index (χ2v) is 9.64. The zero-order chi connectivity index (χ0) is 27.6. The summed E-state index contributed by atoms with van der Waals surface area (Å²) in [5.74, 6) is -4.39. The number of aliphatic carboxylic acids is 1. The Bertz CT molecular complexity index is 1310. The van der Waals surface area contributed by atoms with Crippen molar-refractivity contribution in [2.45, 2.75) is 25.9 Å². The number of esters is 1. The maximum absolute atomic E-state index is 15.1. The van der Waals surface area contributed by atoms with Gasteiger partial charge in [0.25, 0.3) is 0 Å². The van der Waals surface area contributed by atoms with Gasteiger partial charge in [-0.1, -0.05) is 22.0 Å². The Kier molecular flexibility index (Phi) is 8.54. The number of aliphatic imine (C=N–C) groups is 1. The molecule has 0 radical (unpaired) electrons. The molecule has 2 unspecified atom stereocenters. The standard InChI is InChI=1S/C26H25BrF3N3O5/c1-3-38-26(36)22-19(11-33-6-7-37-12-20(33)25(34)35)31-24(21-17(29)8-13(2)9-18(21)30)32-23(22)15-5-4-14(28)10-16(15)27/h4-5,8-10,20,23H,3,6-7,11-12H2,1-2H3,(H,31,32)(H,34,35). The Morgan fingerprint density at radius 1 is 1.24 bits per heavy atom. The molecule has 2 aromatic rings. The van der Waals surface area contributed by atoms with Gasteiger partial charge in [0.15, 0.2) is 0 Å². The molecule has 1 saturated heterocycles. The normalized spacial score (nSPS) is 20.1. The SMILES string of the molecule is CCOC(=O)C1=C(CN2CCOCC2C(=O)O)NC(c2c(F)cc(C)cc2F)=NC1c1ccc(F)cc1Br. The first-order valence-corrected chi connectivity index (χ1v) is 12.6. The van der Waals surface area contributed by atoms with E-state index < -0.39 is 47.0 Å². The Morgan fingerprint density at radius 2 is 1.95 bits per heavy atom. The van der Waals surface area contributed by atoms with Gasteiger partial charge in [-0.25, -0.2) is 18.0 Å². The molecule has 0 spiro atoms. The monoisotopic (exact) mass is 595 g/mol. The molecular formula is C26H25BrF3N3O5. The second-order valence-electron chi connectivity index (χ2n) is 8.79. The number of hydrogen-bond donors (Lipinski definition) is 2. The fourth-order valence-corrected chi connectivity index (χ4v) is 5.00. The van der Waals surface area contributed by atoms with Gasteiger partial charge in [-0.3, -0.25) is 14.7 Å². The van der Waals surface area contributed by atoms with Crippen molar-refractivity contribution in [2.24, 2.45) is 4.99 Å².